The van der Waals surface area contributed by atoms with E-state index < -0.39 is 39.0 Å². The van der Waals surface area contributed by atoms with E-state index in [0.29, 0.717) is 6.26 Å². The first-order valence-corrected chi connectivity index (χ1v) is 43.1. The van der Waals surface area contributed by atoms with Crippen molar-refractivity contribution in [1.29, 1.82) is 0 Å². The summed E-state index contributed by atoms with van der Waals surface area (Å²) in [5.41, 5.74) is 14.6. The topological polar surface area (TPSA) is 175 Å². The molecule has 12 aromatic rings. The van der Waals surface area contributed by atoms with Crippen LogP contribution < -0.4 is 10.4 Å². The van der Waals surface area contributed by atoms with E-state index in [9.17, 15) is 0 Å². The van der Waals surface area contributed by atoms with Gasteiger partial charge in [0.2, 0.25) is 0 Å². The molecular formula is C82H88B6Ir2N4O7SSi2-4. The molecule has 6 aromatic heterocycles. The Morgan fingerprint density at radius 1 is 0.510 bits per heavy atom. The molecule has 6 heterocycles. The minimum Gasteiger partial charge on any atom is -0.748 e. The second-order valence-electron chi connectivity index (χ2n) is 26.3. The summed E-state index contributed by atoms with van der Waals surface area (Å²) in [7, 11) is 15.0. The number of hydrogen-bond acceptors (Lipinski definition) is 11. The third-order valence-electron chi connectivity index (χ3n) is 16.8. The standard InChI is InChI=1S/C20H19NOSi.C20H18NOSi.2C17H18N.C5H4.CH4O3S.2CH4O.B6.2Ir/c2*1-23(2,3)18-12-7-11-17-19(18)15-9-6-8-14(20(15)22-17)16-10-4-5-13-21-16;2*1-3-7-14(8-4-1)16-11-12-17(18-13-16)15-9-5-2-6-10-15;1-3-5-4-2;1-5(2,3)4;2*1-2;1-5(2)6(3)4;;/h4-13H,1-3H3;4-7,9-13H,1-3H3;2*2,5-6,9,11-14H,1,3-4,7-8H2;1H,2H3;1H3,(H,2,3,4);2*2H,1H3;;;/q;3*-1;;;;;;;/p-1. The monoisotopic (exact) mass is 1780 g/mol. The number of hydrogen-bond donors (Lipinski definition) is 2. The van der Waals surface area contributed by atoms with Gasteiger partial charge in [-0.15, -0.1) is 96.4 Å². The molecule has 14 rings (SSSR count). The smallest absolute Gasteiger partial charge is 0.144 e. The fourth-order valence-corrected chi connectivity index (χ4v) is 15.2. The number of fused-ring (bicyclic) bond motifs is 6. The Bertz CT molecular complexity index is 4420. The first kappa shape index (κ1) is 89.0. The van der Waals surface area contributed by atoms with Gasteiger partial charge in [-0.25, -0.2) is 8.42 Å². The van der Waals surface area contributed by atoms with Crippen LogP contribution in [0.3, 0.4) is 0 Å². The Labute approximate surface area is 653 Å². The fraction of sp³-hybridized carbons (Fsp3) is 0.268. The van der Waals surface area contributed by atoms with E-state index in [0.717, 1.165) is 98.8 Å². The van der Waals surface area contributed by atoms with E-state index in [1.54, 1.807) is 13.1 Å². The molecule has 22 heteroatoms. The van der Waals surface area contributed by atoms with Gasteiger partial charge in [-0.2, -0.15) is 0 Å². The number of aliphatic hydroxyl groups is 2. The van der Waals surface area contributed by atoms with Crippen LogP contribution in [-0.2, 0) is 50.3 Å². The predicted molar refractivity (Wildman–Crippen MR) is 436 cm³/mol. The van der Waals surface area contributed by atoms with Crippen LogP contribution in [0.1, 0.15) is 94.1 Å². The molecule has 0 bridgehead atoms. The molecule has 0 spiro atoms. The van der Waals surface area contributed by atoms with Gasteiger partial charge < -0.3 is 38.6 Å². The van der Waals surface area contributed by atoms with Gasteiger partial charge in [-0.3, -0.25) is 4.98 Å². The van der Waals surface area contributed by atoms with Crippen LogP contribution in [0, 0.1) is 42.4 Å². The molecule has 2 aliphatic carbocycles. The number of para-hydroxylation sites is 1. The van der Waals surface area contributed by atoms with Crippen molar-refractivity contribution in [1.82, 2.24) is 19.9 Å². The third kappa shape index (κ3) is 27.2. The summed E-state index contributed by atoms with van der Waals surface area (Å²) in [5.74, 6) is 8.55. The van der Waals surface area contributed by atoms with Crippen molar-refractivity contribution < 1.29 is 72.2 Å². The van der Waals surface area contributed by atoms with Gasteiger partial charge in [-0.05, 0) is 126 Å². The molecule has 11 nitrogen and oxygen atoms in total. The molecule has 0 unspecified atom stereocenters. The van der Waals surface area contributed by atoms with Crippen molar-refractivity contribution in [2.45, 2.75) is 122 Å². The van der Waals surface area contributed by atoms with Crippen LogP contribution in [0.4, 0.5) is 0 Å². The number of aromatic nitrogens is 4. The maximum absolute atomic E-state index is 9.08. The van der Waals surface area contributed by atoms with Crippen molar-refractivity contribution in [2.24, 2.45) is 0 Å². The van der Waals surface area contributed by atoms with Gasteiger partial charge >= 0.3 is 0 Å². The molecule has 0 amide bonds. The maximum atomic E-state index is 9.08. The fourth-order valence-electron chi connectivity index (χ4n) is 12.0. The molecule has 0 atom stereocenters. The van der Waals surface area contributed by atoms with E-state index in [1.807, 2.05) is 85.1 Å². The molecule has 6 aromatic carbocycles. The number of pyridine rings is 4. The molecule has 0 saturated heterocycles. The van der Waals surface area contributed by atoms with Gasteiger partial charge in [0.15, 0.2) is 0 Å². The molecule has 0 aliphatic heterocycles. The molecular weight excluding hydrogens is 1690 g/mol. The SMILES string of the molecule is C#CC#CC.CO.CO.CS(=O)(=O)[O-].C[Si](C)(C)c1cccc2oc3c(-c4ccccn4)[c-]ccc3c12.C[Si](C)(C)c1cccc2oc3c(-c4ccccn4)cccc3c12.[B]B([B])B([B])[B].[Ir].[Ir].[c-]1ccccc1-c1ccc(C2CCCCC2)cn1.[c-]1ccccc1-c1ccc(C2CCCCC2)cn1. The average Bonchev–Trinajstić information content (AvgIpc) is 1.60. The summed E-state index contributed by atoms with van der Waals surface area (Å²) in [4.78, 5) is 18.1. The van der Waals surface area contributed by atoms with Crippen molar-refractivity contribution in [2.75, 3.05) is 20.5 Å². The van der Waals surface area contributed by atoms with Gasteiger partial charge in [-0.1, -0.05) is 179 Å². The zero-order chi connectivity index (χ0) is 74.2. The van der Waals surface area contributed by atoms with E-state index in [1.165, 1.54) is 102 Å². The maximum Gasteiger partial charge on any atom is 0.144 e. The van der Waals surface area contributed by atoms with E-state index in [4.69, 9.17) is 69.4 Å². The molecule has 2 fully saturated rings. The van der Waals surface area contributed by atoms with Crippen LogP contribution >= 0.6 is 0 Å². The number of terminal acetylenes is 1. The summed E-state index contributed by atoms with van der Waals surface area (Å²) in [6, 6.07) is 69.7. The molecule has 2 aliphatic rings. The third-order valence-corrected chi connectivity index (χ3v) is 20.9. The second kappa shape index (κ2) is 45.2. The first-order valence-electron chi connectivity index (χ1n) is 34.2. The number of furan rings is 2. The normalized spacial score (nSPS) is 12.4. The van der Waals surface area contributed by atoms with Gasteiger partial charge in [0.1, 0.15) is 16.7 Å². The van der Waals surface area contributed by atoms with Crippen LogP contribution in [-0.4, -0.2) is 123 Å². The van der Waals surface area contributed by atoms with Crippen molar-refractivity contribution in [3.05, 3.63) is 230 Å². The molecule has 2 N–H and O–H groups in total. The zero-order valence-corrected chi connectivity index (χ0v) is 68.7. The number of nitrogens with zero attached hydrogens (tertiary/aromatic N) is 4. The second-order valence-corrected chi connectivity index (χ2v) is 37.8. The summed E-state index contributed by atoms with van der Waals surface area (Å²) >= 11 is 0. The molecule has 104 heavy (non-hydrogen) atoms. The average molecular weight is 1780 g/mol. The minimum atomic E-state index is -3.92. The Kier molecular flexibility index (Phi) is 38.7. The van der Waals surface area contributed by atoms with E-state index in [-0.39, 0.29) is 40.2 Å². The Balaban J connectivity index is 0.000000269. The summed E-state index contributed by atoms with van der Waals surface area (Å²) in [6.07, 6.45) is 25.5. The first-order chi connectivity index (χ1) is 49.0. The van der Waals surface area contributed by atoms with Crippen LogP contribution in [0.15, 0.2) is 210 Å². The van der Waals surface area contributed by atoms with Crippen LogP contribution in [0.25, 0.3) is 88.9 Å². The van der Waals surface area contributed by atoms with E-state index in [2.05, 4.69) is 205 Å². The summed E-state index contributed by atoms with van der Waals surface area (Å²) in [5, 5.41) is 21.8. The largest absolute Gasteiger partial charge is 0.748 e. The van der Waals surface area contributed by atoms with Crippen LogP contribution in [0.2, 0.25) is 39.3 Å². The number of rotatable bonds is 9. The predicted octanol–water partition coefficient (Wildman–Crippen LogP) is 16.1. The van der Waals surface area contributed by atoms with E-state index >= 15 is 0 Å². The zero-order valence-electron chi connectivity index (χ0n) is 61.1. The van der Waals surface area contributed by atoms with Gasteiger partial charge in [0.25, 0.3) is 0 Å². The number of aliphatic hydroxyl groups excluding tert-OH is 2. The van der Waals surface area contributed by atoms with Crippen molar-refractivity contribution >= 4 is 124 Å². The van der Waals surface area contributed by atoms with Gasteiger partial charge in [0.05, 0.1) is 37.5 Å². The van der Waals surface area contributed by atoms with Crippen LogP contribution in [0.5, 0.6) is 0 Å². The van der Waals surface area contributed by atoms with Crippen molar-refractivity contribution in [3.8, 4) is 69.2 Å². The van der Waals surface area contributed by atoms with Crippen molar-refractivity contribution in [3.63, 3.8) is 0 Å². The van der Waals surface area contributed by atoms with Gasteiger partial charge in [0, 0.05) is 151 Å². The molecule has 10 radical (unpaired) electrons. The summed E-state index contributed by atoms with van der Waals surface area (Å²) < 4.78 is 39.7. The number of benzene rings is 6. The summed E-state index contributed by atoms with van der Waals surface area (Å²) in [6.45, 7) is 16.0. The Morgan fingerprint density at radius 2 is 0.933 bits per heavy atom. The molecule has 2 saturated carbocycles. The quantitative estimate of drug-likeness (QED) is 0.0609. The molecule has 532 valence electrons. The minimum absolute atomic E-state index is 0. The Morgan fingerprint density at radius 3 is 1.30 bits per heavy atom. The Hall–Kier alpha value is -7.41.